The Morgan fingerprint density at radius 1 is 1.20 bits per heavy atom. The van der Waals surface area contributed by atoms with Gasteiger partial charge in [0.1, 0.15) is 0 Å². The Morgan fingerprint density at radius 2 is 1.84 bits per heavy atom. The topological polar surface area (TPSA) is 75.7 Å². The normalized spacial score (nSPS) is 29.4. The second kappa shape index (κ2) is 7.43. The van der Waals surface area contributed by atoms with Crippen molar-refractivity contribution in [1.29, 1.82) is 0 Å². The fourth-order valence-electron chi connectivity index (χ4n) is 3.61. The van der Waals surface area contributed by atoms with Crippen LogP contribution in [0, 0.1) is 0 Å². The van der Waals surface area contributed by atoms with E-state index in [-0.39, 0.29) is 35.7 Å². The number of hydrogen-bond donors (Lipinski definition) is 1. The molecule has 3 atom stereocenters. The number of morpholine rings is 1. The van der Waals surface area contributed by atoms with Gasteiger partial charge in [-0.3, -0.25) is 9.69 Å². The molecule has 0 aliphatic carbocycles. The van der Waals surface area contributed by atoms with E-state index in [1.807, 2.05) is 12.1 Å². The molecule has 0 saturated carbocycles. The summed E-state index contributed by atoms with van der Waals surface area (Å²) in [5.74, 6) is -0.000379. The largest absolute Gasteiger partial charge is 0.373 e. The Bertz CT molecular complexity index is 707. The predicted octanol–water partition coefficient (Wildman–Crippen LogP) is 1.21. The first-order chi connectivity index (χ1) is 11.8. The molecule has 2 aliphatic rings. The van der Waals surface area contributed by atoms with Crippen molar-refractivity contribution >= 4 is 15.7 Å². The summed E-state index contributed by atoms with van der Waals surface area (Å²) in [6, 6.07) is 7.27. The molecule has 1 aromatic carbocycles. The van der Waals surface area contributed by atoms with Crippen molar-refractivity contribution in [1.82, 2.24) is 10.2 Å². The van der Waals surface area contributed by atoms with Gasteiger partial charge < -0.3 is 10.1 Å². The highest BCUT2D eigenvalue weighted by Gasteiger charge is 2.29. The number of rotatable bonds is 4. The van der Waals surface area contributed by atoms with E-state index in [1.165, 1.54) is 0 Å². The van der Waals surface area contributed by atoms with Crippen molar-refractivity contribution in [3.05, 3.63) is 35.4 Å². The van der Waals surface area contributed by atoms with Crippen LogP contribution in [0.15, 0.2) is 24.3 Å². The van der Waals surface area contributed by atoms with Crippen LogP contribution in [0.5, 0.6) is 0 Å². The molecule has 0 radical (unpaired) electrons. The summed E-state index contributed by atoms with van der Waals surface area (Å²) in [6.07, 6.45) is 0.965. The fraction of sp³-hybridized carbons (Fsp3) is 0.611. The lowest BCUT2D eigenvalue weighted by Crippen LogP contribution is -2.44. The van der Waals surface area contributed by atoms with Crippen LogP contribution in [0.4, 0.5) is 0 Å². The second-order valence-corrected chi connectivity index (χ2v) is 9.45. The van der Waals surface area contributed by atoms with E-state index in [0.717, 1.165) is 25.2 Å². The summed E-state index contributed by atoms with van der Waals surface area (Å²) in [7, 11) is -2.99. The molecule has 3 rings (SSSR count). The molecule has 0 spiro atoms. The van der Waals surface area contributed by atoms with Gasteiger partial charge in [0.15, 0.2) is 9.84 Å². The number of nitrogens with zero attached hydrogens (tertiary/aromatic N) is 1. The average molecular weight is 366 g/mol. The van der Waals surface area contributed by atoms with Gasteiger partial charge >= 0.3 is 0 Å². The number of nitrogens with one attached hydrogen (secondary N) is 1. The monoisotopic (exact) mass is 366 g/mol. The first-order valence-corrected chi connectivity index (χ1v) is 10.6. The molecule has 0 aromatic heterocycles. The Balaban J connectivity index is 1.55. The molecular weight excluding hydrogens is 340 g/mol. The molecule has 25 heavy (non-hydrogen) atoms. The van der Waals surface area contributed by atoms with E-state index in [1.54, 1.807) is 12.1 Å². The van der Waals surface area contributed by atoms with Gasteiger partial charge in [0.25, 0.3) is 5.91 Å². The van der Waals surface area contributed by atoms with Gasteiger partial charge in [-0.15, -0.1) is 0 Å². The van der Waals surface area contributed by atoms with Crippen LogP contribution in [0.25, 0.3) is 0 Å². The van der Waals surface area contributed by atoms with Crippen LogP contribution in [-0.2, 0) is 21.1 Å². The van der Waals surface area contributed by atoms with Gasteiger partial charge in [-0.1, -0.05) is 12.1 Å². The van der Waals surface area contributed by atoms with Crippen molar-refractivity contribution < 1.29 is 17.9 Å². The zero-order valence-electron chi connectivity index (χ0n) is 14.8. The molecule has 2 fully saturated rings. The van der Waals surface area contributed by atoms with Gasteiger partial charge in [0, 0.05) is 31.2 Å². The number of benzene rings is 1. The highest BCUT2D eigenvalue weighted by molar-refractivity contribution is 7.91. The Morgan fingerprint density at radius 3 is 2.40 bits per heavy atom. The van der Waals surface area contributed by atoms with Crippen LogP contribution in [0.2, 0.25) is 0 Å². The molecule has 2 aliphatic heterocycles. The molecule has 2 heterocycles. The summed E-state index contributed by atoms with van der Waals surface area (Å²) in [5.41, 5.74) is 1.72. The average Bonchev–Trinajstić information content (AvgIpc) is 2.85. The van der Waals surface area contributed by atoms with E-state index in [2.05, 4.69) is 24.1 Å². The summed E-state index contributed by atoms with van der Waals surface area (Å²) < 4.78 is 28.7. The van der Waals surface area contributed by atoms with Crippen molar-refractivity contribution in [2.24, 2.45) is 0 Å². The first-order valence-electron chi connectivity index (χ1n) is 8.79. The smallest absolute Gasteiger partial charge is 0.251 e. The van der Waals surface area contributed by atoms with Crippen molar-refractivity contribution in [3.8, 4) is 0 Å². The Hall–Kier alpha value is -1.44. The van der Waals surface area contributed by atoms with E-state index in [9.17, 15) is 13.2 Å². The maximum atomic E-state index is 12.3. The molecule has 3 unspecified atom stereocenters. The van der Waals surface area contributed by atoms with Crippen LogP contribution < -0.4 is 5.32 Å². The third-order valence-electron chi connectivity index (χ3n) is 4.69. The van der Waals surface area contributed by atoms with Crippen molar-refractivity contribution in [2.75, 3.05) is 24.6 Å². The van der Waals surface area contributed by atoms with Crippen LogP contribution >= 0.6 is 0 Å². The van der Waals surface area contributed by atoms with E-state index < -0.39 is 9.84 Å². The maximum Gasteiger partial charge on any atom is 0.251 e. The van der Waals surface area contributed by atoms with E-state index >= 15 is 0 Å². The summed E-state index contributed by atoms with van der Waals surface area (Å²) in [6.45, 7) is 6.81. The van der Waals surface area contributed by atoms with Gasteiger partial charge in [-0.25, -0.2) is 8.42 Å². The number of hydrogen-bond acceptors (Lipinski definition) is 5. The number of amides is 1. The molecule has 0 bridgehead atoms. The summed E-state index contributed by atoms with van der Waals surface area (Å²) in [4.78, 5) is 14.6. The summed E-state index contributed by atoms with van der Waals surface area (Å²) in [5, 5.41) is 2.82. The van der Waals surface area contributed by atoms with Crippen molar-refractivity contribution in [3.63, 3.8) is 0 Å². The number of carbonyl (C=O) groups excluding carboxylic acids is 1. The lowest BCUT2D eigenvalue weighted by atomic mass is 10.1. The third kappa shape index (κ3) is 5.03. The van der Waals surface area contributed by atoms with E-state index in [0.29, 0.717) is 12.0 Å². The van der Waals surface area contributed by atoms with Gasteiger partial charge in [-0.2, -0.15) is 0 Å². The van der Waals surface area contributed by atoms with Gasteiger partial charge in [0.05, 0.1) is 23.7 Å². The third-order valence-corrected chi connectivity index (χ3v) is 6.45. The zero-order chi connectivity index (χ0) is 18.0. The highest BCUT2D eigenvalue weighted by Crippen LogP contribution is 2.16. The highest BCUT2D eigenvalue weighted by atomic mass is 32.2. The molecule has 7 heteroatoms. The van der Waals surface area contributed by atoms with Crippen molar-refractivity contribution in [2.45, 2.75) is 45.1 Å². The number of ether oxygens (including phenoxy) is 1. The zero-order valence-corrected chi connectivity index (χ0v) is 15.6. The Labute approximate surface area is 149 Å². The Kier molecular flexibility index (Phi) is 5.46. The quantitative estimate of drug-likeness (QED) is 0.867. The molecule has 2 saturated heterocycles. The minimum atomic E-state index is -2.99. The molecule has 6 nitrogen and oxygen atoms in total. The van der Waals surface area contributed by atoms with Gasteiger partial charge in [0.2, 0.25) is 0 Å². The molecule has 1 amide bonds. The lowest BCUT2D eigenvalue weighted by molar-refractivity contribution is -0.0704. The minimum absolute atomic E-state index is 0.0459. The number of sulfone groups is 1. The molecule has 1 aromatic rings. The van der Waals surface area contributed by atoms with E-state index in [4.69, 9.17) is 4.74 Å². The minimum Gasteiger partial charge on any atom is -0.373 e. The lowest BCUT2D eigenvalue weighted by Gasteiger charge is -2.35. The van der Waals surface area contributed by atoms with Crippen LogP contribution in [-0.4, -0.2) is 62.1 Å². The summed E-state index contributed by atoms with van der Waals surface area (Å²) >= 11 is 0. The van der Waals surface area contributed by atoms with Gasteiger partial charge in [-0.05, 0) is 38.0 Å². The first kappa shape index (κ1) is 18.4. The molecule has 138 valence electrons. The van der Waals surface area contributed by atoms with Crippen LogP contribution in [0.1, 0.15) is 36.2 Å². The number of carbonyl (C=O) groups is 1. The maximum absolute atomic E-state index is 12.3. The second-order valence-electron chi connectivity index (χ2n) is 7.22. The van der Waals surface area contributed by atoms with Crippen LogP contribution in [0.3, 0.4) is 0 Å². The predicted molar refractivity (Wildman–Crippen MR) is 96.3 cm³/mol. The molecular formula is C18H26N2O4S. The molecule has 1 N–H and O–H groups in total. The standard InChI is InChI=1S/C18H26N2O4S/c1-13-9-20(10-14(2)24-13)11-15-3-5-16(6-4-15)18(21)19-17-7-8-25(22,23)12-17/h3-6,13-14,17H,7-12H2,1-2H3,(H,19,21). The fourth-order valence-corrected chi connectivity index (χ4v) is 5.28. The SMILES string of the molecule is CC1CN(Cc2ccc(C(=O)NC3CCS(=O)(=O)C3)cc2)CC(C)O1.